The number of hydrogen-bond donors (Lipinski definition) is 3. The number of aryl methyl sites for hydroxylation is 1. The molecule has 0 aliphatic carbocycles. The monoisotopic (exact) mass is 233 g/mol. The highest BCUT2D eigenvalue weighted by Gasteiger charge is 2.08. The number of nitrogens with zero attached hydrogens (tertiary/aromatic N) is 3. The fourth-order valence-electron chi connectivity index (χ4n) is 1.31. The van der Waals surface area contributed by atoms with Gasteiger partial charge in [0.15, 0.2) is 11.6 Å². The number of anilines is 3. The topological polar surface area (TPSA) is 106 Å². The summed E-state index contributed by atoms with van der Waals surface area (Å²) < 4.78 is 1.63. The Balaban J connectivity index is 2.25. The summed E-state index contributed by atoms with van der Waals surface area (Å²) in [7, 11) is 1.79. The molecule has 2 aromatic rings. The first-order valence-corrected chi connectivity index (χ1v) is 4.82. The number of carboxylic acid groups (broad SMARTS) is 1. The summed E-state index contributed by atoms with van der Waals surface area (Å²) >= 11 is 0. The van der Waals surface area contributed by atoms with E-state index in [-0.39, 0.29) is 11.3 Å². The molecule has 0 unspecified atom stereocenters. The van der Waals surface area contributed by atoms with E-state index in [1.54, 1.807) is 24.0 Å². The molecule has 2 aromatic heterocycles. The van der Waals surface area contributed by atoms with Gasteiger partial charge in [0.25, 0.3) is 0 Å². The number of rotatable bonds is 3. The van der Waals surface area contributed by atoms with Crippen molar-refractivity contribution in [1.29, 1.82) is 0 Å². The quantitative estimate of drug-likeness (QED) is 0.725. The molecule has 0 fully saturated rings. The maximum atomic E-state index is 10.7. The number of aromatic carboxylic acids is 1. The molecule has 0 aliphatic heterocycles. The summed E-state index contributed by atoms with van der Waals surface area (Å²) in [5.74, 6) is -0.0861. The van der Waals surface area contributed by atoms with Gasteiger partial charge in [-0.2, -0.15) is 5.10 Å². The Morgan fingerprint density at radius 3 is 2.88 bits per heavy atom. The van der Waals surface area contributed by atoms with Crippen LogP contribution in [-0.4, -0.2) is 25.8 Å². The van der Waals surface area contributed by atoms with E-state index in [0.717, 1.165) is 0 Å². The molecule has 2 rings (SSSR count). The van der Waals surface area contributed by atoms with E-state index in [9.17, 15) is 4.79 Å². The Labute approximate surface area is 96.9 Å². The second-order valence-electron chi connectivity index (χ2n) is 3.47. The van der Waals surface area contributed by atoms with Gasteiger partial charge in [-0.3, -0.25) is 4.68 Å². The minimum atomic E-state index is -1.06. The number of aromatic nitrogens is 3. The maximum Gasteiger partial charge on any atom is 0.337 e. The molecular formula is C10H11N5O2. The van der Waals surface area contributed by atoms with Gasteiger partial charge in [-0.1, -0.05) is 0 Å². The Bertz CT molecular complexity index is 564. The molecule has 0 spiro atoms. The van der Waals surface area contributed by atoms with E-state index in [1.165, 1.54) is 12.3 Å². The Hall–Kier alpha value is -2.57. The smallest absolute Gasteiger partial charge is 0.337 e. The molecule has 7 heteroatoms. The Kier molecular flexibility index (Phi) is 2.65. The van der Waals surface area contributed by atoms with Crippen LogP contribution in [0.2, 0.25) is 0 Å². The third kappa shape index (κ3) is 2.33. The largest absolute Gasteiger partial charge is 0.478 e. The van der Waals surface area contributed by atoms with E-state index >= 15 is 0 Å². The average Bonchev–Trinajstić information content (AvgIpc) is 2.67. The second kappa shape index (κ2) is 4.12. The second-order valence-corrected chi connectivity index (χ2v) is 3.47. The number of nitrogens with one attached hydrogen (secondary N) is 1. The summed E-state index contributed by atoms with van der Waals surface area (Å²) in [6.45, 7) is 0. The van der Waals surface area contributed by atoms with Gasteiger partial charge in [0.05, 0.1) is 11.3 Å². The van der Waals surface area contributed by atoms with Crippen molar-refractivity contribution in [2.24, 2.45) is 7.05 Å². The van der Waals surface area contributed by atoms with Crippen molar-refractivity contribution in [3.8, 4) is 0 Å². The lowest BCUT2D eigenvalue weighted by Crippen LogP contribution is -2.04. The van der Waals surface area contributed by atoms with Crippen molar-refractivity contribution in [2.75, 3.05) is 11.1 Å². The van der Waals surface area contributed by atoms with Crippen molar-refractivity contribution in [2.45, 2.75) is 0 Å². The number of nitrogens with two attached hydrogens (primary N) is 1. The van der Waals surface area contributed by atoms with E-state index < -0.39 is 5.97 Å². The number of hydrogen-bond acceptors (Lipinski definition) is 5. The van der Waals surface area contributed by atoms with E-state index in [1.807, 2.05) is 0 Å². The zero-order valence-corrected chi connectivity index (χ0v) is 9.08. The zero-order valence-electron chi connectivity index (χ0n) is 9.08. The number of carbonyl (C=O) groups is 1. The molecule has 0 bridgehead atoms. The highest BCUT2D eigenvalue weighted by molar-refractivity contribution is 5.89. The molecule has 0 saturated carbocycles. The first-order chi connectivity index (χ1) is 8.06. The van der Waals surface area contributed by atoms with Crippen LogP contribution in [0.5, 0.6) is 0 Å². The normalized spacial score (nSPS) is 10.2. The van der Waals surface area contributed by atoms with Crippen LogP contribution in [0.25, 0.3) is 0 Å². The van der Waals surface area contributed by atoms with Gasteiger partial charge in [-0.25, -0.2) is 9.78 Å². The molecular weight excluding hydrogens is 222 g/mol. The van der Waals surface area contributed by atoms with E-state index in [2.05, 4.69) is 15.4 Å². The van der Waals surface area contributed by atoms with Gasteiger partial charge in [0.1, 0.15) is 0 Å². The van der Waals surface area contributed by atoms with Gasteiger partial charge in [0, 0.05) is 25.5 Å². The lowest BCUT2D eigenvalue weighted by atomic mass is 10.2. The van der Waals surface area contributed by atoms with Crippen LogP contribution in [0.3, 0.4) is 0 Å². The summed E-state index contributed by atoms with van der Waals surface area (Å²) in [5, 5.41) is 15.8. The van der Waals surface area contributed by atoms with Crippen LogP contribution in [0, 0.1) is 0 Å². The van der Waals surface area contributed by atoms with Crippen LogP contribution in [0.1, 0.15) is 10.4 Å². The minimum absolute atomic E-state index is 0.0501. The minimum Gasteiger partial charge on any atom is -0.478 e. The van der Waals surface area contributed by atoms with Gasteiger partial charge >= 0.3 is 5.97 Å². The molecule has 17 heavy (non-hydrogen) atoms. The number of nitrogen functional groups attached to an aromatic ring is 1. The Morgan fingerprint density at radius 2 is 2.35 bits per heavy atom. The van der Waals surface area contributed by atoms with Crippen LogP contribution < -0.4 is 11.1 Å². The lowest BCUT2D eigenvalue weighted by molar-refractivity contribution is 0.0696. The average molecular weight is 233 g/mol. The third-order valence-corrected chi connectivity index (χ3v) is 2.12. The van der Waals surface area contributed by atoms with Crippen molar-refractivity contribution in [1.82, 2.24) is 14.8 Å². The zero-order chi connectivity index (χ0) is 12.4. The molecule has 0 aromatic carbocycles. The van der Waals surface area contributed by atoms with Crippen molar-refractivity contribution in [3.05, 3.63) is 30.1 Å². The van der Waals surface area contributed by atoms with Gasteiger partial charge in [-0.05, 0) is 6.07 Å². The Morgan fingerprint density at radius 1 is 1.59 bits per heavy atom. The molecule has 88 valence electrons. The standard InChI is InChI=1S/C10H11N5O2/c1-15-3-2-8(14-15)13-9-7(11)4-6(5-12-9)10(16)17/h2-5H,11H2,1H3,(H,16,17)(H,12,13,14). The van der Waals surface area contributed by atoms with Crippen molar-refractivity contribution >= 4 is 23.3 Å². The predicted molar refractivity (Wildman–Crippen MR) is 62.1 cm³/mol. The molecule has 4 N–H and O–H groups in total. The molecule has 2 heterocycles. The van der Waals surface area contributed by atoms with Gasteiger partial charge in [-0.15, -0.1) is 0 Å². The van der Waals surface area contributed by atoms with Crippen molar-refractivity contribution < 1.29 is 9.90 Å². The van der Waals surface area contributed by atoms with Crippen LogP contribution in [-0.2, 0) is 7.05 Å². The first-order valence-electron chi connectivity index (χ1n) is 4.82. The highest BCUT2D eigenvalue weighted by atomic mass is 16.4. The fraction of sp³-hybridized carbons (Fsp3) is 0.100. The van der Waals surface area contributed by atoms with E-state index in [4.69, 9.17) is 10.8 Å². The van der Waals surface area contributed by atoms with Crippen LogP contribution in [0.15, 0.2) is 24.5 Å². The third-order valence-electron chi connectivity index (χ3n) is 2.12. The first kappa shape index (κ1) is 10.9. The summed E-state index contributed by atoms with van der Waals surface area (Å²) in [6.07, 6.45) is 3.01. The maximum absolute atomic E-state index is 10.7. The van der Waals surface area contributed by atoms with E-state index in [0.29, 0.717) is 11.6 Å². The molecule has 7 nitrogen and oxygen atoms in total. The predicted octanol–water partition coefficient (Wildman–Crippen LogP) is 0.839. The van der Waals surface area contributed by atoms with Gasteiger partial charge in [0.2, 0.25) is 0 Å². The number of carboxylic acids is 1. The molecule has 0 aliphatic rings. The van der Waals surface area contributed by atoms with Crippen molar-refractivity contribution in [3.63, 3.8) is 0 Å². The van der Waals surface area contributed by atoms with Crippen LogP contribution in [0.4, 0.5) is 17.3 Å². The SMILES string of the molecule is Cn1ccc(Nc2ncc(C(=O)O)cc2N)n1. The summed E-state index contributed by atoms with van der Waals surface area (Å²) in [5.41, 5.74) is 6.00. The number of pyridine rings is 1. The van der Waals surface area contributed by atoms with Crippen LogP contribution >= 0.6 is 0 Å². The van der Waals surface area contributed by atoms with Gasteiger partial charge < -0.3 is 16.2 Å². The lowest BCUT2D eigenvalue weighted by Gasteiger charge is -2.06. The fourth-order valence-corrected chi connectivity index (χ4v) is 1.31. The molecule has 0 amide bonds. The molecule has 0 atom stereocenters. The summed E-state index contributed by atoms with van der Waals surface area (Å²) in [6, 6.07) is 3.10. The molecule has 0 saturated heterocycles. The highest BCUT2D eigenvalue weighted by Crippen LogP contribution is 2.20. The molecule has 0 radical (unpaired) electrons. The summed E-state index contributed by atoms with van der Waals surface area (Å²) in [4.78, 5) is 14.6.